The molecule has 0 saturated heterocycles. The van der Waals surface area contributed by atoms with E-state index < -0.39 is 12.0 Å². The second-order valence-corrected chi connectivity index (χ2v) is 10.6. The zero-order valence-corrected chi connectivity index (χ0v) is 25.6. The summed E-state index contributed by atoms with van der Waals surface area (Å²) in [6, 6.07) is 8.03. The first-order chi connectivity index (χ1) is 19.3. The van der Waals surface area contributed by atoms with Gasteiger partial charge in [0.1, 0.15) is 29.0 Å². The highest BCUT2D eigenvalue weighted by Crippen LogP contribution is 2.39. The van der Waals surface area contributed by atoms with E-state index in [0.717, 1.165) is 6.42 Å². The maximum atomic E-state index is 14.1. The molecule has 0 fully saturated rings. The molecule has 11 heteroatoms. The Kier molecular flexibility index (Phi) is 9.36. The van der Waals surface area contributed by atoms with Gasteiger partial charge >= 0.3 is 5.97 Å². The molecule has 0 amide bonds. The number of rotatable bonds is 10. The van der Waals surface area contributed by atoms with Crippen molar-refractivity contribution in [2.75, 3.05) is 35.0 Å². The number of aromatic nitrogens is 1. The van der Waals surface area contributed by atoms with Crippen LogP contribution in [0.1, 0.15) is 43.9 Å². The van der Waals surface area contributed by atoms with Crippen molar-refractivity contribution in [2.24, 2.45) is 4.99 Å². The summed E-state index contributed by atoms with van der Waals surface area (Å²) < 4.78 is 30.3. The monoisotopic (exact) mass is 630 g/mol. The minimum Gasteiger partial charge on any atom is -0.497 e. The molecule has 0 spiro atoms. The summed E-state index contributed by atoms with van der Waals surface area (Å²) in [6.07, 6.45) is 3.02. The van der Waals surface area contributed by atoms with Crippen LogP contribution in [-0.2, 0) is 9.53 Å². The number of ether oxygens (including phenoxy) is 5. The maximum Gasteiger partial charge on any atom is 0.338 e. The quantitative estimate of drug-likeness (QED) is 0.307. The molecule has 0 saturated carbocycles. The van der Waals surface area contributed by atoms with Gasteiger partial charge in [0, 0.05) is 17.2 Å². The van der Waals surface area contributed by atoms with Gasteiger partial charge in [0.15, 0.2) is 4.80 Å². The van der Waals surface area contributed by atoms with Crippen LogP contribution in [0.3, 0.4) is 0 Å². The summed E-state index contributed by atoms with van der Waals surface area (Å²) in [5.41, 5.74) is 1.83. The van der Waals surface area contributed by atoms with Crippen LogP contribution in [-0.4, -0.2) is 45.6 Å². The molecular formula is C29H31BrN2O7S. The van der Waals surface area contributed by atoms with Crippen molar-refractivity contribution in [3.63, 3.8) is 0 Å². The number of fused-ring (bicyclic) bond motifs is 1. The number of hydrogen-bond donors (Lipinski definition) is 0. The molecule has 40 heavy (non-hydrogen) atoms. The van der Waals surface area contributed by atoms with Gasteiger partial charge in [-0.2, -0.15) is 0 Å². The van der Waals surface area contributed by atoms with E-state index in [2.05, 4.69) is 15.9 Å². The summed E-state index contributed by atoms with van der Waals surface area (Å²) in [7, 11) is 6.23. The minimum absolute atomic E-state index is 0.181. The van der Waals surface area contributed by atoms with Crippen molar-refractivity contribution in [2.45, 2.75) is 32.7 Å². The fraction of sp³-hybridized carbons (Fsp3) is 0.345. The maximum absolute atomic E-state index is 14.1. The van der Waals surface area contributed by atoms with E-state index in [4.69, 9.17) is 28.7 Å². The van der Waals surface area contributed by atoms with E-state index in [0.29, 0.717) is 65.6 Å². The number of esters is 1. The second-order valence-electron chi connectivity index (χ2n) is 8.75. The van der Waals surface area contributed by atoms with Crippen LogP contribution >= 0.6 is 27.3 Å². The Bertz CT molecular complexity index is 1640. The normalized spacial score (nSPS) is 14.9. The Morgan fingerprint density at radius 3 is 2.38 bits per heavy atom. The number of thiazole rings is 1. The zero-order valence-electron chi connectivity index (χ0n) is 23.2. The lowest BCUT2D eigenvalue weighted by Crippen LogP contribution is -2.40. The summed E-state index contributed by atoms with van der Waals surface area (Å²) in [5.74, 6) is 1.67. The van der Waals surface area contributed by atoms with Gasteiger partial charge in [0.2, 0.25) is 0 Å². The molecule has 2 heterocycles. The Morgan fingerprint density at radius 2 is 1.75 bits per heavy atom. The van der Waals surface area contributed by atoms with Crippen molar-refractivity contribution < 1.29 is 28.5 Å². The van der Waals surface area contributed by atoms with Crippen molar-refractivity contribution in [3.05, 3.63) is 76.9 Å². The number of methoxy groups -OCH3 is 4. The Morgan fingerprint density at radius 1 is 1.02 bits per heavy atom. The van der Waals surface area contributed by atoms with Crippen LogP contribution < -0.4 is 33.8 Å². The van der Waals surface area contributed by atoms with Crippen LogP contribution in [0.2, 0.25) is 0 Å². The highest BCUT2D eigenvalue weighted by molar-refractivity contribution is 9.10. The van der Waals surface area contributed by atoms with Gasteiger partial charge in [-0.1, -0.05) is 24.7 Å². The lowest BCUT2D eigenvalue weighted by atomic mass is 9.93. The van der Waals surface area contributed by atoms with Gasteiger partial charge in [-0.25, -0.2) is 9.79 Å². The molecule has 0 unspecified atom stereocenters. The predicted octanol–water partition coefficient (Wildman–Crippen LogP) is 4.38. The molecule has 1 aliphatic rings. The topological polar surface area (TPSA) is 97.6 Å². The number of hydrogen-bond acceptors (Lipinski definition) is 9. The van der Waals surface area contributed by atoms with E-state index in [-0.39, 0.29) is 12.2 Å². The van der Waals surface area contributed by atoms with Gasteiger partial charge in [0.05, 0.1) is 55.3 Å². The highest BCUT2D eigenvalue weighted by atomic mass is 79.9. The fourth-order valence-electron chi connectivity index (χ4n) is 4.61. The molecular weight excluding hydrogens is 600 g/mol. The molecule has 1 atom stereocenters. The molecule has 2 aromatic carbocycles. The number of carbonyl (C=O) groups excluding carboxylic acids is 1. The van der Waals surface area contributed by atoms with Crippen molar-refractivity contribution in [3.8, 4) is 23.0 Å². The van der Waals surface area contributed by atoms with Gasteiger partial charge in [-0.05, 0) is 59.6 Å². The minimum atomic E-state index is -0.839. The molecule has 9 nitrogen and oxygen atoms in total. The first-order valence-electron chi connectivity index (χ1n) is 12.7. The number of carbonyl (C=O) groups is 1. The number of halogens is 1. The van der Waals surface area contributed by atoms with E-state index in [1.807, 2.05) is 13.0 Å². The molecule has 1 aliphatic heterocycles. The predicted molar refractivity (Wildman–Crippen MR) is 156 cm³/mol. The number of benzene rings is 2. The fourth-order valence-corrected chi connectivity index (χ4v) is 6.14. The van der Waals surface area contributed by atoms with Gasteiger partial charge in [-0.15, -0.1) is 0 Å². The second kappa shape index (κ2) is 12.7. The van der Waals surface area contributed by atoms with E-state index in [9.17, 15) is 9.59 Å². The third kappa shape index (κ3) is 5.53. The summed E-state index contributed by atoms with van der Waals surface area (Å²) in [6.45, 7) is 3.94. The summed E-state index contributed by atoms with van der Waals surface area (Å²) in [5, 5.41) is 0. The Labute approximate surface area is 244 Å². The first kappa shape index (κ1) is 29.4. The van der Waals surface area contributed by atoms with Gasteiger partial charge in [0.25, 0.3) is 5.56 Å². The molecule has 0 bridgehead atoms. The van der Waals surface area contributed by atoms with Crippen molar-refractivity contribution in [1.29, 1.82) is 0 Å². The molecule has 212 valence electrons. The van der Waals surface area contributed by atoms with Gasteiger partial charge in [-0.3, -0.25) is 9.36 Å². The van der Waals surface area contributed by atoms with Crippen LogP contribution in [0.5, 0.6) is 23.0 Å². The van der Waals surface area contributed by atoms with Crippen LogP contribution in [0.25, 0.3) is 6.08 Å². The zero-order chi connectivity index (χ0) is 29.0. The lowest BCUT2D eigenvalue weighted by Gasteiger charge is -2.27. The van der Waals surface area contributed by atoms with Crippen molar-refractivity contribution >= 4 is 39.3 Å². The van der Waals surface area contributed by atoms with Crippen LogP contribution in [0, 0.1) is 0 Å². The lowest BCUT2D eigenvalue weighted by molar-refractivity contribution is -0.139. The summed E-state index contributed by atoms with van der Waals surface area (Å²) >= 11 is 4.75. The average Bonchev–Trinajstić information content (AvgIpc) is 3.26. The van der Waals surface area contributed by atoms with E-state index in [1.54, 1.807) is 65.7 Å². The molecule has 3 aromatic rings. The molecule has 4 rings (SSSR count). The molecule has 1 aromatic heterocycles. The Balaban J connectivity index is 2.06. The SMILES string of the molecule is CCCC1=C(C(=O)OCC)[C@@H](c2cc(OC)ccc2OC)n2c(s/c(=C\c3cc(Br)c(OC)cc3OC)c2=O)=N1. The Hall–Kier alpha value is -3.57. The van der Waals surface area contributed by atoms with Crippen molar-refractivity contribution in [1.82, 2.24) is 4.57 Å². The number of allylic oxidation sites excluding steroid dienone is 1. The van der Waals surface area contributed by atoms with E-state index >= 15 is 0 Å². The molecule has 0 aliphatic carbocycles. The average molecular weight is 632 g/mol. The van der Waals surface area contributed by atoms with Crippen LogP contribution in [0.15, 0.2) is 55.9 Å². The highest BCUT2D eigenvalue weighted by Gasteiger charge is 2.36. The number of nitrogens with zero attached hydrogens (tertiary/aromatic N) is 2. The summed E-state index contributed by atoms with van der Waals surface area (Å²) in [4.78, 5) is 32.8. The first-order valence-corrected chi connectivity index (χ1v) is 14.3. The van der Waals surface area contributed by atoms with E-state index in [1.165, 1.54) is 15.9 Å². The van der Waals surface area contributed by atoms with Gasteiger partial charge < -0.3 is 23.7 Å². The standard InChI is InChI=1S/C29H31BrN2O7S/c1-7-9-20-25(28(34)39-8-2)26(18-14-17(35-3)10-11-21(18)36-4)32-27(33)24(40-29(32)31-20)13-16-12-19(30)23(38-6)15-22(16)37-5/h10-15,26H,7-9H2,1-6H3/b24-13-/t26-/m1/s1. The van der Waals surface area contributed by atoms with Crippen LogP contribution in [0.4, 0.5) is 0 Å². The molecule has 0 N–H and O–H groups in total. The third-order valence-electron chi connectivity index (χ3n) is 6.41. The third-order valence-corrected chi connectivity index (χ3v) is 8.02. The largest absolute Gasteiger partial charge is 0.497 e. The molecule has 0 radical (unpaired) electrons. The smallest absolute Gasteiger partial charge is 0.338 e.